The van der Waals surface area contributed by atoms with Crippen molar-refractivity contribution >= 4 is 39.1 Å². The van der Waals surface area contributed by atoms with Crippen molar-refractivity contribution in [1.82, 2.24) is 15.1 Å². The summed E-state index contributed by atoms with van der Waals surface area (Å²) in [7, 11) is -0.0723. The molecule has 0 aliphatic heterocycles. The van der Waals surface area contributed by atoms with Gasteiger partial charge < -0.3 is 20.9 Å². The molecule has 2 atom stereocenters. The standard InChI is InChI=1S/C26H33F3N4O4S2/c1-32(2)18-5-4-6-19(14-18)33(16-39(36,37)21-10-8-20(38-3)9-11-21)24(34)15-31-25(35)22-13-17(26(27,28)29)7-12-23(22)30/h7-13,18-19H,4-6,14-16,30H2,1-3H3,(H,31,35). The predicted octanol–water partition coefficient (Wildman–Crippen LogP) is 3.87. The smallest absolute Gasteiger partial charge is 0.398 e. The van der Waals surface area contributed by atoms with E-state index in [1.807, 2.05) is 25.3 Å². The van der Waals surface area contributed by atoms with E-state index in [1.165, 1.54) is 28.8 Å². The second kappa shape index (κ2) is 12.6. The number of halogens is 3. The predicted molar refractivity (Wildman–Crippen MR) is 145 cm³/mol. The number of nitrogens with one attached hydrogen (secondary N) is 1. The molecule has 0 bridgehead atoms. The van der Waals surface area contributed by atoms with Crippen LogP contribution in [0.2, 0.25) is 0 Å². The lowest BCUT2D eigenvalue weighted by Crippen LogP contribution is -2.51. The summed E-state index contributed by atoms with van der Waals surface area (Å²) in [6, 6.07) is 8.47. The van der Waals surface area contributed by atoms with E-state index in [4.69, 9.17) is 5.73 Å². The summed E-state index contributed by atoms with van der Waals surface area (Å²) in [6.07, 6.45) is 0.0176. The van der Waals surface area contributed by atoms with Crippen LogP contribution in [0, 0.1) is 0 Å². The third kappa shape index (κ3) is 7.89. The number of alkyl halides is 3. The second-order valence-corrected chi connectivity index (χ2v) is 12.5. The average Bonchev–Trinajstić information content (AvgIpc) is 2.89. The first kappa shape index (κ1) is 30.8. The van der Waals surface area contributed by atoms with Crippen LogP contribution in [0.15, 0.2) is 52.3 Å². The van der Waals surface area contributed by atoms with Gasteiger partial charge in [-0.2, -0.15) is 13.2 Å². The van der Waals surface area contributed by atoms with Gasteiger partial charge in [-0.3, -0.25) is 9.59 Å². The highest BCUT2D eigenvalue weighted by Gasteiger charge is 2.35. The minimum Gasteiger partial charge on any atom is -0.398 e. The molecule has 2 unspecified atom stereocenters. The zero-order valence-electron chi connectivity index (χ0n) is 22.0. The molecule has 0 saturated heterocycles. The lowest BCUT2D eigenvalue weighted by molar-refractivity contribution is -0.137. The number of nitrogens with zero attached hydrogens (tertiary/aromatic N) is 2. The van der Waals surface area contributed by atoms with E-state index in [-0.39, 0.29) is 16.6 Å². The molecular formula is C26H33F3N4O4S2. The van der Waals surface area contributed by atoms with Crippen LogP contribution in [0.3, 0.4) is 0 Å². The molecule has 8 nitrogen and oxygen atoms in total. The summed E-state index contributed by atoms with van der Waals surface area (Å²) in [4.78, 5) is 30.3. The molecule has 1 aliphatic rings. The van der Waals surface area contributed by atoms with Crippen LogP contribution in [-0.2, 0) is 20.8 Å². The zero-order valence-corrected chi connectivity index (χ0v) is 23.6. The van der Waals surface area contributed by atoms with Crippen LogP contribution in [0.5, 0.6) is 0 Å². The van der Waals surface area contributed by atoms with Crippen molar-refractivity contribution in [2.75, 3.05) is 38.5 Å². The Kier molecular flexibility index (Phi) is 9.94. The summed E-state index contributed by atoms with van der Waals surface area (Å²) in [6.45, 7) is -0.599. The Bertz CT molecular complexity index is 1290. The average molecular weight is 587 g/mol. The Labute approximate surface area is 231 Å². The number of hydrogen-bond acceptors (Lipinski definition) is 7. The minimum absolute atomic E-state index is 0.0684. The maximum Gasteiger partial charge on any atom is 0.416 e. The first-order valence-corrected chi connectivity index (χ1v) is 15.2. The maximum atomic E-state index is 13.4. The van der Waals surface area contributed by atoms with Crippen LogP contribution in [0.4, 0.5) is 18.9 Å². The Hall–Kier alpha value is -2.77. The number of carbonyl (C=O) groups is 2. The SMILES string of the molecule is CSc1ccc(S(=O)(=O)CN(C(=O)CNC(=O)c2cc(C(F)(F)F)ccc2N)C2CCCC(N(C)C)C2)cc1. The molecule has 2 amide bonds. The van der Waals surface area contributed by atoms with Crippen LogP contribution < -0.4 is 11.1 Å². The molecule has 0 radical (unpaired) electrons. The minimum atomic E-state index is -4.68. The van der Waals surface area contributed by atoms with Gasteiger partial charge in [0.05, 0.1) is 22.6 Å². The van der Waals surface area contributed by atoms with Gasteiger partial charge in [0.1, 0.15) is 5.88 Å². The quantitative estimate of drug-likeness (QED) is 0.339. The Morgan fingerprint density at radius 3 is 2.31 bits per heavy atom. The van der Waals surface area contributed by atoms with Crippen molar-refractivity contribution in [2.24, 2.45) is 0 Å². The number of benzene rings is 2. The number of thioether (sulfide) groups is 1. The third-order valence-electron chi connectivity index (χ3n) is 6.86. The Morgan fingerprint density at radius 2 is 1.72 bits per heavy atom. The van der Waals surface area contributed by atoms with Crippen molar-refractivity contribution in [3.63, 3.8) is 0 Å². The Morgan fingerprint density at radius 1 is 1.08 bits per heavy atom. The molecule has 0 aromatic heterocycles. The van der Waals surface area contributed by atoms with Crippen molar-refractivity contribution < 1.29 is 31.2 Å². The molecule has 3 rings (SSSR count). The number of rotatable bonds is 9. The highest BCUT2D eigenvalue weighted by atomic mass is 32.2. The monoisotopic (exact) mass is 586 g/mol. The number of nitrogens with two attached hydrogens (primary N) is 1. The number of amides is 2. The fourth-order valence-electron chi connectivity index (χ4n) is 4.59. The lowest BCUT2D eigenvalue weighted by Gasteiger charge is -2.39. The van der Waals surface area contributed by atoms with Gasteiger partial charge in [0.25, 0.3) is 5.91 Å². The molecule has 1 saturated carbocycles. The van der Waals surface area contributed by atoms with Gasteiger partial charge in [-0.1, -0.05) is 0 Å². The largest absolute Gasteiger partial charge is 0.416 e. The van der Waals surface area contributed by atoms with E-state index in [0.717, 1.165) is 29.9 Å². The summed E-state index contributed by atoms with van der Waals surface area (Å²) < 4.78 is 66.0. The first-order chi connectivity index (χ1) is 18.2. The van der Waals surface area contributed by atoms with E-state index in [0.29, 0.717) is 18.9 Å². The summed E-state index contributed by atoms with van der Waals surface area (Å²) in [5, 5.41) is 2.33. The molecule has 2 aromatic carbocycles. The third-order valence-corrected chi connectivity index (χ3v) is 9.22. The van der Waals surface area contributed by atoms with Gasteiger partial charge in [0.15, 0.2) is 9.84 Å². The van der Waals surface area contributed by atoms with Crippen LogP contribution in [-0.4, -0.2) is 74.9 Å². The van der Waals surface area contributed by atoms with E-state index in [1.54, 1.807) is 12.1 Å². The van der Waals surface area contributed by atoms with E-state index in [2.05, 4.69) is 5.32 Å². The number of sulfone groups is 1. The van der Waals surface area contributed by atoms with Gasteiger partial charge >= 0.3 is 6.18 Å². The van der Waals surface area contributed by atoms with Crippen molar-refractivity contribution in [3.05, 3.63) is 53.6 Å². The number of carbonyl (C=O) groups excluding carboxylic acids is 2. The summed E-state index contributed by atoms with van der Waals surface area (Å²) in [5.74, 6) is -2.20. The van der Waals surface area contributed by atoms with Crippen molar-refractivity contribution in [3.8, 4) is 0 Å². The molecule has 3 N–H and O–H groups in total. The Balaban J connectivity index is 1.83. The number of hydrogen-bond donors (Lipinski definition) is 2. The molecule has 0 heterocycles. The fraction of sp³-hybridized carbons (Fsp3) is 0.462. The van der Waals surface area contributed by atoms with Crippen LogP contribution in [0.1, 0.15) is 41.6 Å². The van der Waals surface area contributed by atoms with Crippen molar-refractivity contribution in [1.29, 1.82) is 0 Å². The molecule has 214 valence electrons. The highest BCUT2D eigenvalue weighted by molar-refractivity contribution is 7.98. The van der Waals surface area contributed by atoms with Gasteiger partial charge in [-0.05, 0) is 88.5 Å². The molecular weight excluding hydrogens is 553 g/mol. The molecule has 0 spiro atoms. The second-order valence-electron chi connectivity index (χ2n) is 9.70. The molecule has 39 heavy (non-hydrogen) atoms. The van der Waals surface area contributed by atoms with E-state index >= 15 is 0 Å². The van der Waals surface area contributed by atoms with Gasteiger partial charge in [-0.25, -0.2) is 8.42 Å². The van der Waals surface area contributed by atoms with E-state index < -0.39 is 57.4 Å². The van der Waals surface area contributed by atoms with E-state index in [9.17, 15) is 31.2 Å². The first-order valence-electron chi connectivity index (χ1n) is 12.3. The van der Waals surface area contributed by atoms with Gasteiger partial charge in [0, 0.05) is 22.7 Å². The number of nitrogen functional groups attached to an aromatic ring is 1. The summed E-state index contributed by atoms with van der Waals surface area (Å²) in [5.41, 5.74) is 4.07. The van der Waals surface area contributed by atoms with Gasteiger partial charge in [0.2, 0.25) is 5.91 Å². The molecule has 13 heteroatoms. The number of anilines is 1. The topological polar surface area (TPSA) is 113 Å². The molecule has 1 aliphatic carbocycles. The maximum absolute atomic E-state index is 13.4. The zero-order chi connectivity index (χ0) is 29.0. The van der Waals surface area contributed by atoms with Crippen LogP contribution >= 0.6 is 11.8 Å². The normalized spacial score (nSPS) is 18.1. The molecule has 2 aromatic rings. The van der Waals surface area contributed by atoms with Crippen molar-refractivity contribution in [2.45, 2.75) is 53.7 Å². The molecule has 1 fully saturated rings. The lowest BCUT2D eigenvalue weighted by atomic mass is 9.89. The van der Waals surface area contributed by atoms with Crippen LogP contribution in [0.25, 0.3) is 0 Å². The van der Waals surface area contributed by atoms with Gasteiger partial charge in [-0.15, -0.1) is 11.8 Å². The fourth-order valence-corrected chi connectivity index (χ4v) is 6.42. The summed E-state index contributed by atoms with van der Waals surface area (Å²) >= 11 is 1.47. The highest BCUT2D eigenvalue weighted by Crippen LogP contribution is 2.31.